The molecule has 0 radical (unpaired) electrons. The summed E-state index contributed by atoms with van der Waals surface area (Å²) >= 11 is 1.76. The Hall–Kier alpha value is -1.91. The Morgan fingerprint density at radius 1 is 1.23 bits per heavy atom. The first-order valence-electron chi connectivity index (χ1n) is 7.75. The number of imidazole rings is 1. The fourth-order valence-electron chi connectivity index (χ4n) is 2.77. The van der Waals surface area contributed by atoms with Gasteiger partial charge in [-0.2, -0.15) is 0 Å². The van der Waals surface area contributed by atoms with Gasteiger partial charge in [0.05, 0.1) is 0 Å². The molecule has 112 valence electrons. The summed E-state index contributed by atoms with van der Waals surface area (Å²) < 4.78 is 0. The van der Waals surface area contributed by atoms with Crippen molar-refractivity contribution < 1.29 is 0 Å². The first-order valence-corrected chi connectivity index (χ1v) is 8.63. The zero-order valence-corrected chi connectivity index (χ0v) is 13.1. The van der Waals surface area contributed by atoms with Gasteiger partial charge in [0.2, 0.25) is 0 Å². The SMILES string of the molecule is c1csc([C@@H](NCc2ccc(C3CC3)cc2)c2ncc[nH]2)c1. The van der Waals surface area contributed by atoms with Gasteiger partial charge >= 0.3 is 0 Å². The summed E-state index contributed by atoms with van der Waals surface area (Å²) in [6.45, 7) is 0.841. The first-order chi connectivity index (χ1) is 10.9. The van der Waals surface area contributed by atoms with Crippen molar-refractivity contribution >= 4 is 11.3 Å². The number of H-pyrrole nitrogens is 1. The highest BCUT2D eigenvalue weighted by molar-refractivity contribution is 7.10. The lowest BCUT2D eigenvalue weighted by Gasteiger charge is -2.15. The lowest BCUT2D eigenvalue weighted by Crippen LogP contribution is -2.22. The molecule has 0 amide bonds. The maximum absolute atomic E-state index is 4.42. The molecule has 22 heavy (non-hydrogen) atoms. The van der Waals surface area contributed by atoms with Crippen LogP contribution in [0.2, 0.25) is 0 Å². The van der Waals surface area contributed by atoms with Crippen LogP contribution in [0.25, 0.3) is 0 Å². The van der Waals surface area contributed by atoms with Gasteiger partial charge in [0.15, 0.2) is 0 Å². The molecule has 1 aromatic carbocycles. The summed E-state index contributed by atoms with van der Waals surface area (Å²) in [4.78, 5) is 8.93. The van der Waals surface area contributed by atoms with Crippen LogP contribution < -0.4 is 5.32 Å². The van der Waals surface area contributed by atoms with Gasteiger partial charge in [0, 0.05) is 23.8 Å². The Kier molecular flexibility index (Phi) is 3.79. The van der Waals surface area contributed by atoms with Crippen LogP contribution in [0.1, 0.15) is 46.6 Å². The molecule has 3 aromatic rings. The van der Waals surface area contributed by atoms with Gasteiger partial charge in [-0.1, -0.05) is 30.3 Å². The molecule has 0 saturated heterocycles. The molecule has 0 spiro atoms. The summed E-state index contributed by atoms with van der Waals surface area (Å²) in [5.41, 5.74) is 2.81. The van der Waals surface area contributed by atoms with Gasteiger partial charge in [-0.15, -0.1) is 11.3 Å². The van der Waals surface area contributed by atoms with Gasteiger partial charge in [0.25, 0.3) is 0 Å². The van der Waals surface area contributed by atoms with Gasteiger partial charge in [0.1, 0.15) is 11.9 Å². The minimum atomic E-state index is 0.123. The fourth-order valence-corrected chi connectivity index (χ4v) is 3.57. The Morgan fingerprint density at radius 2 is 2.09 bits per heavy atom. The monoisotopic (exact) mass is 309 g/mol. The third-order valence-corrected chi connectivity index (χ3v) is 5.10. The van der Waals surface area contributed by atoms with Crippen LogP contribution in [0.5, 0.6) is 0 Å². The molecule has 4 rings (SSSR count). The van der Waals surface area contributed by atoms with Crippen LogP contribution in [0.3, 0.4) is 0 Å². The van der Waals surface area contributed by atoms with Crippen molar-refractivity contribution in [2.75, 3.05) is 0 Å². The zero-order valence-electron chi connectivity index (χ0n) is 12.3. The van der Waals surface area contributed by atoms with E-state index in [-0.39, 0.29) is 6.04 Å². The van der Waals surface area contributed by atoms with Crippen LogP contribution in [-0.2, 0) is 6.54 Å². The lowest BCUT2D eigenvalue weighted by atomic mass is 10.1. The third-order valence-electron chi connectivity index (χ3n) is 4.16. The van der Waals surface area contributed by atoms with Crippen molar-refractivity contribution in [1.82, 2.24) is 15.3 Å². The van der Waals surface area contributed by atoms with E-state index < -0.39 is 0 Å². The van der Waals surface area contributed by atoms with E-state index in [1.54, 1.807) is 11.3 Å². The molecule has 2 heterocycles. The van der Waals surface area contributed by atoms with E-state index in [1.807, 2.05) is 12.4 Å². The minimum Gasteiger partial charge on any atom is -0.347 e. The van der Waals surface area contributed by atoms with Gasteiger partial charge in [-0.05, 0) is 41.3 Å². The number of rotatable bonds is 6. The first kappa shape index (κ1) is 13.7. The Morgan fingerprint density at radius 3 is 2.73 bits per heavy atom. The largest absolute Gasteiger partial charge is 0.347 e. The van der Waals surface area contributed by atoms with Crippen molar-refractivity contribution in [3.63, 3.8) is 0 Å². The molecular weight excluding hydrogens is 290 g/mol. The van der Waals surface area contributed by atoms with Crippen LogP contribution in [-0.4, -0.2) is 9.97 Å². The molecule has 1 aliphatic rings. The Bertz CT molecular complexity index is 663. The summed E-state index contributed by atoms with van der Waals surface area (Å²) in [7, 11) is 0. The van der Waals surface area contributed by atoms with E-state index in [4.69, 9.17) is 0 Å². The maximum atomic E-state index is 4.42. The van der Waals surface area contributed by atoms with E-state index in [2.05, 4.69) is 57.1 Å². The number of hydrogen-bond donors (Lipinski definition) is 2. The Balaban J connectivity index is 1.47. The molecule has 0 bridgehead atoms. The normalized spacial score (nSPS) is 15.8. The second kappa shape index (κ2) is 6.07. The molecule has 3 nitrogen and oxygen atoms in total. The molecule has 0 unspecified atom stereocenters. The van der Waals surface area contributed by atoms with Gasteiger partial charge in [-0.25, -0.2) is 4.98 Å². The van der Waals surface area contributed by atoms with E-state index in [0.717, 1.165) is 18.3 Å². The molecule has 0 aliphatic heterocycles. The van der Waals surface area contributed by atoms with Crippen LogP contribution in [0.15, 0.2) is 54.2 Å². The van der Waals surface area contributed by atoms with Crippen molar-refractivity contribution in [3.8, 4) is 0 Å². The summed E-state index contributed by atoms with van der Waals surface area (Å²) in [5.74, 6) is 1.79. The Labute approximate surface area is 134 Å². The van der Waals surface area contributed by atoms with Crippen LogP contribution in [0, 0.1) is 0 Å². The predicted octanol–water partition coefficient (Wildman–Crippen LogP) is 4.23. The average molecular weight is 309 g/mol. The topological polar surface area (TPSA) is 40.7 Å². The number of aromatic nitrogens is 2. The average Bonchev–Trinajstić information content (AvgIpc) is 3.03. The number of hydrogen-bond acceptors (Lipinski definition) is 3. The predicted molar refractivity (Wildman–Crippen MR) is 90.0 cm³/mol. The molecule has 2 aromatic heterocycles. The van der Waals surface area contributed by atoms with Gasteiger partial charge in [-0.3, -0.25) is 5.32 Å². The minimum absolute atomic E-state index is 0.123. The second-order valence-corrected chi connectivity index (χ2v) is 6.80. The van der Waals surface area contributed by atoms with E-state index in [0.29, 0.717) is 0 Å². The fraction of sp³-hybridized carbons (Fsp3) is 0.278. The van der Waals surface area contributed by atoms with Crippen molar-refractivity contribution in [3.05, 3.63) is 76.0 Å². The molecule has 1 fully saturated rings. The number of thiophene rings is 1. The quantitative estimate of drug-likeness (QED) is 0.715. The lowest BCUT2D eigenvalue weighted by molar-refractivity contribution is 0.588. The highest BCUT2D eigenvalue weighted by Crippen LogP contribution is 2.39. The maximum Gasteiger partial charge on any atom is 0.128 e. The molecular formula is C18H19N3S. The highest BCUT2D eigenvalue weighted by Gasteiger charge is 2.23. The molecule has 1 aliphatic carbocycles. The summed E-state index contributed by atoms with van der Waals surface area (Å²) in [5, 5.41) is 5.73. The van der Waals surface area contributed by atoms with E-state index >= 15 is 0 Å². The van der Waals surface area contributed by atoms with Gasteiger partial charge < -0.3 is 4.98 Å². The van der Waals surface area contributed by atoms with Crippen molar-refractivity contribution in [1.29, 1.82) is 0 Å². The number of aromatic amines is 1. The third kappa shape index (κ3) is 2.98. The summed E-state index contributed by atoms with van der Waals surface area (Å²) in [6.07, 6.45) is 6.40. The van der Waals surface area contributed by atoms with E-state index in [9.17, 15) is 0 Å². The molecule has 4 heteroatoms. The zero-order chi connectivity index (χ0) is 14.8. The van der Waals surface area contributed by atoms with Crippen molar-refractivity contribution in [2.24, 2.45) is 0 Å². The number of nitrogens with zero attached hydrogens (tertiary/aromatic N) is 1. The number of benzene rings is 1. The standard InChI is InChI=1S/C18H19N3S/c1-2-16(22-11-1)17(18-19-9-10-20-18)21-12-13-3-5-14(6-4-13)15-7-8-15/h1-6,9-11,15,17,21H,7-8,12H2,(H,19,20)/t17-/m1/s1. The van der Waals surface area contributed by atoms with Crippen LogP contribution >= 0.6 is 11.3 Å². The molecule has 1 atom stereocenters. The number of nitrogens with one attached hydrogen (secondary N) is 2. The van der Waals surface area contributed by atoms with Crippen LogP contribution in [0.4, 0.5) is 0 Å². The highest BCUT2D eigenvalue weighted by atomic mass is 32.1. The second-order valence-electron chi connectivity index (χ2n) is 5.82. The van der Waals surface area contributed by atoms with E-state index in [1.165, 1.54) is 28.8 Å². The molecule has 2 N–H and O–H groups in total. The van der Waals surface area contributed by atoms with Crippen molar-refractivity contribution in [2.45, 2.75) is 31.3 Å². The smallest absolute Gasteiger partial charge is 0.128 e. The molecule has 1 saturated carbocycles. The summed E-state index contributed by atoms with van der Waals surface area (Å²) in [6, 6.07) is 13.4.